The number of hydrogen-bond donors (Lipinski definition) is 0. The minimum absolute atomic E-state index is 0.626. The monoisotopic (exact) mass is 1090 g/mol. The molecule has 0 saturated carbocycles. The van der Waals surface area contributed by atoms with Crippen LogP contribution in [0.25, 0.3) is 66.8 Å². The van der Waals surface area contributed by atoms with Gasteiger partial charge in [-0.1, -0.05) is 254 Å². The summed E-state index contributed by atoms with van der Waals surface area (Å²) in [5.74, 6) is 0. The minimum atomic E-state index is -0.677. The number of rotatable bonds is 12. The van der Waals surface area contributed by atoms with Crippen LogP contribution in [0.1, 0.15) is 66.0 Å². The third-order valence-electron chi connectivity index (χ3n) is 18.1. The van der Waals surface area contributed by atoms with Crippen molar-refractivity contribution in [3.8, 4) is 66.8 Å². The average Bonchev–Trinajstić information content (AvgIpc) is 1.77. The molecule has 0 fully saturated rings. The van der Waals surface area contributed by atoms with Crippen molar-refractivity contribution in [2.45, 2.75) is 24.7 Å². The van der Waals surface area contributed by atoms with Crippen LogP contribution in [-0.2, 0) is 10.8 Å². The lowest BCUT2D eigenvalue weighted by Gasteiger charge is -2.36. The van der Waals surface area contributed by atoms with E-state index in [2.05, 4.69) is 322 Å². The van der Waals surface area contributed by atoms with Crippen molar-refractivity contribution in [3.63, 3.8) is 0 Å². The van der Waals surface area contributed by atoms with Gasteiger partial charge in [0, 0.05) is 22.6 Å². The fourth-order valence-electron chi connectivity index (χ4n) is 13.9. The van der Waals surface area contributed by atoms with E-state index in [9.17, 15) is 4.79 Å². The maximum atomic E-state index is 12.2. The number of aldehydes is 1. The Hall–Kier alpha value is -10.7. The van der Waals surface area contributed by atoms with Crippen molar-refractivity contribution in [1.29, 1.82) is 0 Å². The summed E-state index contributed by atoms with van der Waals surface area (Å²) in [6, 6.07) is 116. The Morgan fingerprint density at radius 1 is 0.259 bits per heavy atom. The minimum Gasteiger partial charge on any atom is -0.311 e. The standard InChI is InChI=1S/C83H59NO/c1-56-23-33-67(34-24-56)82(78-51-63(59-15-7-3-8-16-59)29-47-74(78)75-48-30-64(52-79(75)82)60-17-9-4-10-18-60)69-37-43-72(44-38-69)84(71-41-27-58(55-85)28-42-71)73-45-39-70(40-46-73)83(68-35-25-57(2)26-36-68)80-53-65(61-19-11-5-12-20-61)31-49-76(80)77-50-32-66(54-81(77)83)62-21-13-6-14-22-62/h3-55H,1-2H3. The largest absolute Gasteiger partial charge is 0.311 e. The molecule has 0 aliphatic heterocycles. The van der Waals surface area contributed by atoms with E-state index in [1.54, 1.807) is 0 Å². The summed E-state index contributed by atoms with van der Waals surface area (Å²) in [6.45, 7) is 4.34. The Morgan fingerprint density at radius 2 is 0.506 bits per heavy atom. The predicted octanol–water partition coefficient (Wildman–Crippen LogP) is 21.0. The number of benzene rings is 13. The molecule has 0 radical (unpaired) electrons. The summed E-state index contributed by atoms with van der Waals surface area (Å²) in [7, 11) is 0. The molecule has 0 unspecified atom stereocenters. The van der Waals surface area contributed by atoms with Crippen molar-refractivity contribution in [2.75, 3.05) is 4.90 Å². The van der Waals surface area contributed by atoms with Gasteiger partial charge in [-0.2, -0.15) is 0 Å². The number of carbonyl (C=O) groups excluding carboxylic acids is 1. The Labute approximate surface area is 498 Å². The molecule has 13 aromatic rings. The first kappa shape index (κ1) is 51.2. The second-order valence-corrected chi connectivity index (χ2v) is 22.9. The van der Waals surface area contributed by atoms with Gasteiger partial charge >= 0.3 is 0 Å². The second-order valence-electron chi connectivity index (χ2n) is 22.9. The zero-order valence-electron chi connectivity index (χ0n) is 47.5. The molecule has 2 nitrogen and oxygen atoms in total. The molecule has 13 aromatic carbocycles. The Balaban J connectivity index is 0.923. The summed E-state index contributed by atoms with van der Waals surface area (Å²) in [5.41, 5.74) is 28.8. The van der Waals surface area contributed by atoms with Crippen molar-refractivity contribution >= 4 is 23.3 Å². The van der Waals surface area contributed by atoms with E-state index in [0.717, 1.165) is 23.3 Å². The van der Waals surface area contributed by atoms with Gasteiger partial charge in [-0.15, -0.1) is 0 Å². The van der Waals surface area contributed by atoms with Gasteiger partial charge in [0.05, 0.1) is 10.8 Å². The van der Waals surface area contributed by atoms with E-state index in [4.69, 9.17) is 0 Å². The molecule has 0 saturated heterocycles. The van der Waals surface area contributed by atoms with Crippen LogP contribution in [0.3, 0.4) is 0 Å². The molecule has 0 N–H and O–H groups in total. The van der Waals surface area contributed by atoms with Gasteiger partial charge < -0.3 is 4.90 Å². The van der Waals surface area contributed by atoms with E-state index < -0.39 is 10.8 Å². The summed E-state index contributed by atoms with van der Waals surface area (Å²) >= 11 is 0. The van der Waals surface area contributed by atoms with E-state index in [1.165, 1.54) is 122 Å². The molecule has 2 aliphatic rings. The highest BCUT2D eigenvalue weighted by Gasteiger charge is 2.48. The van der Waals surface area contributed by atoms with E-state index in [-0.39, 0.29) is 0 Å². The number of anilines is 3. The molecule has 0 amide bonds. The second kappa shape index (κ2) is 20.9. The fourth-order valence-corrected chi connectivity index (χ4v) is 13.9. The number of aryl methyl sites for hydroxylation is 2. The normalized spacial score (nSPS) is 13.1. The zero-order valence-corrected chi connectivity index (χ0v) is 47.5. The van der Waals surface area contributed by atoms with Gasteiger partial charge in [0.15, 0.2) is 0 Å². The Kier molecular flexibility index (Phi) is 12.6. The first-order valence-electron chi connectivity index (χ1n) is 29.4. The molecule has 0 bridgehead atoms. The first-order chi connectivity index (χ1) is 41.9. The molecule has 2 aliphatic carbocycles. The lowest BCUT2D eigenvalue weighted by molar-refractivity contribution is 0.112. The molecule has 0 atom stereocenters. The van der Waals surface area contributed by atoms with Gasteiger partial charge in [-0.3, -0.25) is 4.79 Å². The third kappa shape index (κ3) is 8.51. The summed E-state index contributed by atoms with van der Waals surface area (Å²) in [6.07, 6.45) is 0.917. The van der Waals surface area contributed by atoms with Crippen molar-refractivity contribution < 1.29 is 4.79 Å². The smallest absolute Gasteiger partial charge is 0.150 e. The molecule has 15 rings (SSSR count). The van der Waals surface area contributed by atoms with Gasteiger partial charge in [-0.25, -0.2) is 0 Å². The highest BCUT2D eigenvalue weighted by molar-refractivity contribution is 5.93. The van der Waals surface area contributed by atoms with Crippen molar-refractivity contribution in [1.82, 2.24) is 0 Å². The number of fused-ring (bicyclic) bond motifs is 6. The van der Waals surface area contributed by atoms with Crippen LogP contribution < -0.4 is 4.90 Å². The van der Waals surface area contributed by atoms with Crippen molar-refractivity contribution in [3.05, 3.63) is 377 Å². The predicted molar refractivity (Wildman–Crippen MR) is 352 cm³/mol. The van der Waals surface area contributed by atoms with Crippen LogP contribution in [0.4, 0.5) is 17.1 Å². The molecular formula is C83H59NO. The highest BCUT2D eigenvalue weighted by Crippen LogP contribution is 2.60. The van der Waals surface area contributed by atoms with E-state index >= 15 is 0 Å². The van der Waals surface area contributed by atoms with Gasteiger partial charge in [0.1, 0.15) is 6.29 Å². The quantitative estimate of drug-likeness (QED) is 0.114. The number of hydrogen-bond acceptors (Lipinski definition) is 2. The maximum Gasteiger partial charge on any atom is 0.150 e. The van der Waals surface area contributed by atoms with Gasteiger partial charge in [-0.05, 0) is 198 Å². The molecule has 85 heavy (non-hydrogen) atoms. The van der Waals surface area contributed by atoms with Crippen LogP contribution >= 0.6 is 0 Å². The maximum absolute atomic E-state index is 12.2. The summed E-state index contributed by atoms with van der Waals surface area (Å²) in [5, 5.41) is 0. The molecule has 0 spiro atoms. The van der Waals surface area contributed by atoms with Crippen LogP contribution in [0.15, 0.2) is 315 Å². The molecule has 402 valence electrons. The number of carbonyl (C=O) groups is 1. The number of nitrogens with zero attached hydrogens (tertiary/aromatic N) is 1. The average molecular weight is 1090 g/mol. The molecule has 0 heterocycles. The Morgan fingerprint density at radius 3 is 0.765 bits per heavy atom. The van der Waals surface area contributed by atoms with E-state index in [1.807, 2.05) is 12.1 Å². The molecule has 0 aromatic heterocycles. The summed E-state index contributed by atoms with van der Waals surface area (Å²) in [4.78, 5) is 14.6. The SMILES string of the molecule is Cc1ccc(C2(c3ccc(N(c4ccc(C=O)cc4)c4ccc(C5(c6ccc(C)cc6)c6cc(-c7ccccc7)ccc6-c6ccc(-c7ccccc7)cc65)cc4)cc3)c3cc(-c4ccccc4)ccc3-c3ccc(-c4ccccc4)cc32)cc1. The Bertz CT molecular complexity index is 4160. The van der Waals surface area contributed by atoms with Gasteiger partial charge in [0.25, 0.3) is 0 Å². The molecule has 2 heteroatoms. The topological polar surface area (TPSA) is 20.3 Å². The lowest BCUT2D eigenvalue weighted by Crippen LogP contribution is -2.29. The van der Waals surface area contributed by atoms with Crippen LogP contribution in [0.2, 0.25) is 0 Å². The third-order valence-corrected chi connectivity index (χ3v) is 18.1. The fraction of sp³-hybridized carbons (Fsp3) is 0.0482. The van der Waals surface area contributed by atoms with Gasteiger partial charge in [0.2, 0.25) is 0 Å². The summed E-state index contributed by atoms with van der Waals surface area (Å²) < 4.78 is 0. The first-order valence-corrected chi connectivity index (χ1v) is 29.4. The lowest BCUT2D eigenvalue weighted by atomic mass is 9.67. The van der Waals surface area contributed by atoms with Crippen LogP contribution in [-0.4, -0.2) is 6.29 Å². The zero-order chi connectivity index (χ0) is 57.1. The van der Waals surface area contributed by atoms with Crippen LogP contribution in [0.5, 0.6) is 0 Å². The van der Waals surface area contributed by atoms with Crippen molar-refractivity contribution in [2.24, 2.45) is 0 Å². The highest BCUT2D eigenvalue weighted by atomic mass is 16.1. The van der Waals surface area contributed by atoms with Crippen LogP contribution in [0, 0.1) is 13.8 Å². The van der Waals surface area contributed by atoms with E-state index in [0.29, 0.717) is 5.56 Å². The molecular weight excluding hydrogens is 1030 g/mol.